The van der Waals surface area contributed by atoms with E-state index in [9.17, 15) is 9.59 Å². The van der Waals surface area contributed by atoms with E-state index in [2.05, 4.69) is 15.3 Å². The number of fused-ring (bicyclic) bond motifs is 1. The van der Waals surface area contributed by atoms with E-state index in [-0.39, 0.29) is 11.8 Å². The molecule has 2 amide bonds. The van der Waals surface area contributed by atoms with E-state index in [0.717, 1.165) is 0 Å². The number of carbonyl (C=O) groups is 2. The lowest BCUT2D eigenvalue weighted by Crippen LogP contribution is -2.33. The molecule has 5 nitrogen and oxygen atoms in total. The largest absolute Gasteiger partial charge is 0.326 e. The van der Waals surface area contributed by atoms with Crippen LogP contribution in [0.4, 0.5) is 5.69 Å². The van der Waals surface area contributed by atoms with Crippen LogP contribution >= 0.6 is 11.6 Å². The van der Waals surface area contributed by atoms with E-state index in [1.165, 1.54) is 6.92 Å². The number of hydrogen-bond acceptors (Lipinski definition) is 3. The molecule has 110 valence electrons. The summed E-state index contributed by atoms with van der Waals surface area (Å²) in [5.74, 6) is -0.614. The molecule has 0 saturated carbocycles. The van der Waals surface area contributed by atoms with Gasteiger partial charge in [0, 0.05) is 23.2 Å². The molecule has 1 aliphatic heterocycles. The van der Waals surface area contributed by atoms with E-state index in [1.807, 2.05) is 6.07 Å². The monoisotopic (exact) mass is 313 g/mol. The average molecular weight is 314 g/mol. The third-order valence-corrected chi connectivity index (χ3v) is 3.47. The molecule has 0 radical (unpaired) electrons. The van der Waals surface area contributed by atoms with Gasteiger partial charge in [-0.25, -0.2) is 4.99 Å². The Morgan fingerprint density at radius 2 is 1.91 bits per heavy atom. The van der Waals surface area contributed by atoms with Crippen molar-refractivity contribution in [2.75, 3.05) is 5.32 Å². The van der Waals surface area contributed by atoms with Crippen LogP contribution in [0.2, 0.25) is 5.02 Å². The first-order valence-corrected chi connectivity index (χ1v) is 7.05. The highest BCUT2D eigenvalue weighted by molar-refractivity contribution is 6.30. The Labute approximate surface area is 131 Å². The van der Waals surface area contributed by atoms with Crippen molar-refractivity contribution in [3.8, 4) is 0 Å². The number of nitrogens with zero attached hydrogens (tertiary/aromatic N) is 2. The summed E-state index contributed by atoms with van der Waals surface area (Å²) in [7, 11) is 0. The molecule has 0 spiro atoms. The number of amides is 2. The fourth-order valence-corrected chi connectivity index (χ4v) is 2.49. The number of carbonyl (C=O) groups excluding carboxylic acids is 2. The van der Waals surface area contributed by atoms with Gasteiger partial charge in [0.15, 0.2) is 6.04 Å². The lowest BCUT2D eigenvalue weighted by Gasteiger charge is -2.16. The fourth-order valence-electron chi connectivity index (χ4n) is 2.31. The number of rotatable bonds is 2. The minimum atomic E-state index is -0.810. The van der Waals surface area contributed by atoms with E-state index in [0.29, 0.717) is 27.0 Å². The molecule has 1 heterocycles. The summed E-state index contributed by atoms with van der Waals surface area (Å²) in [6, 6.07) is 11.3. The summed E-state index contributed by atoms with van der Waals surface area (Å²) in [4.78, 5) is 32.1. The molecule has 22 heavy (non-hydrogen) atoms. The van der Waals surface area contributed by atoms with Crippen molar-refractivity contribution in [3.63, 3.8) is 0 Å². The van der Waals surface area contributed by atoms with Crippen molar-refractivity contribution in [1.82, 2.24) is 0 Å². The number of hydrogen-bond donors (Lipinski definition) is 1. The van der Waals surface area contributed by atoms with Gasteiger partial charge in [0.25, 0.3) is 5.91 Å². The summed E-state index contributed by atoms with van der Waals surface area (Å²) in [6.45, 7) is 1.40. The first kappa shape index (κ1) is 14.4. The number of anilines is 1. The summed E-state index contributed by atoms with van der Waals surface area (Å²) >= 11 is 6.02. The third-order valence-electron chi connectivity index (χ3n) is 3.23. The van der Waals surface area contributed by atoms with Gasteiger partial charge in [-0.2, -0.15) is 0 Å². The second-order valence-corrected chi connectivity index (χ2v) is 5.32. The Morgan fingerprint density at radius 1 is 1.18 bits per heavy atom. The molecule has 1 atom stereocenters. The summed E-state index contributed by atoms with van der Waals surface area (Å²) in [6.07, 6.45) is 0. The summed E-state index contributed by atoms with van der Waals surface area (Å²) in [5.41, 5.74) is 1.04. The summed E-state index contributed by atoms with van der Waals surface area (Å²) < 4.78 is 0. The van der Waals surface area contributed by atoms with Gasteiger partial charge in [-0.3, -0.25) is 14.6 Å². The van der Waals surface area contributed by atoms with Crippen LogP contribution < -0.4 is 16.0 Å². The van der Waals surface area contributed by atoms with Gasteiger partial charge in [0.05, 0.1) is 10.7 Å². The van der Waals surface area contributed by atoms with Gasteiger partial charge >= 0.3 is 0 Å². The lowest BCUT2D eigenvalue weighted by molar-refractivity contribution is -0.119. The van der Waals surface area contributed by atoms with Gasteiger partial charge in [-0.1, -0.05) is 23.7 Å². The maximum atomic E-state index is 12.3. The second kappa shape index (κ2) is 5.69. The van der Waals surface area contributed by atoms with E-state index in [4.69, 9.17) is 11.6 Å². The standard InChI is InChI=1S/C16H12ClN3O2/c1-9(21)18-12-7-6-10(17)8-11(12)15-16(22)20-14-5-3-2-4-13(14)19-15/h2-8,15H,1H3,(H,18,21). The maximum absolute atomic E-state index is 12.3. The highest BCUT2D eigenvalue weighted by Crippen LogP contribution is 2.30. The molecule has 0 fully saturated rings. The molecule has 1 N–H and O–H groups in total. The summed E-state index contributed by atoms with van der Waals surface area (Å²) in [5, 5.41) is 4.34. The normalized spacial score (nSPS) is 16.3. The Morgan fingerprint density at radius 3 is 2.64 bits per heavy atom. The van der Waals surface area contributed by atoms with Crippen LogP contribution in [0.25, 0.3) is 0 Å². The van der Waals surface area contributed by atoms with Crippen LogP contribution in [-0.4, -0.2) is 11.8 Å². The SMILES string of the molecule is CC(=O)Nc1ccc(Cl)cc1C1N=c2ccccc2=NC1=O. The van der Waals surface area contributed by atoms with Gasteiger partial charge in [-0.05, 0) is 30.3 Å². The van der Waals surface area contributed by atoms with E-state index >= 15 is 0 Å². The topological polar surface area (TPSA) is 70.9 Å². The molecular weight excluding hydrogens is 302 g/mol. The van der Waals surface area contributed by atoms with Crippen molar-refractivity contribution in [3.05, 3.63) is 63.8 Å². The number of halogens is 1. The predicted octanol–water partition coefficient (Wildman–Crippen LogP) is 1.82. The van der Waals surface area contributed by atoms with Crippen LogP contribution in [0.5, 0.6) is 0 Å². The van der Waals surface area contributed by atoms with Gasteiger partial charge < -0.3 is 5.32 Å². The van der Waals surface area contributed by atoms with Crippen molar-refractivity contribution >= 4 is 29.1 Å². The molecular formula is C16H12ClN3O2. The first-order chi connectivity index (χ1) is 10.5. The maximum Gasteiger partial charge on any atom is 0.275 e. The Bertz CT molecular complexity index is 893. The third kappa shape index (κ3) is 2.76. The van der Waals surface area contributed by atoms with Crippen LogP contribution in [0.1, 0.15) is 18.5 Å². The van der Waals surface area contributed by atoms with Crippen LogP contribution in [0, 0.1) is 0 Å². The molecule has 0 saturated heterocycles. The van der Waals surface area contributed by atoms with Gasteiger partial charge in [0.2, 0.25) is 5.91 Å². The van der Waals surface area contributed by atoms with Crippen LogP contribution in [-0.2, 0) is 9.59 Å². The van der Waals surface area contributed by atoms with E-state index < -0.39 is 6.04 Å². The smallest absolute Gasteiger partial charge is 0.275 e. The van der Waals surface area contributed by atoms with Crippen LogP contribution in [0.3, 0.4) is 0 Å². The molecule has 1 unspecified atom stereocenters. The quantitative estimate of drug-likeness (QED) is 0.918. The zero-order chi connectivity index (χ0) is 15.7. The van der Waals surface area contributed by atoms with Gasteiger partial charge in [0.1, 0.15) is 0 Å². The minimum absolute atomic E-state index is 0.232. The zero-order valence-corrected chi connectivity index (χ0v) is 12.5. The first-order valence-electron chi connectivity index (χ1n) is 6.67. The second-order valence-electron chi connectivity index (χ2n) is 4.88. The number of para-hydroxylation sites is 2. The van der Waals surface area contributed by atoms with E-state index in [1.54, 1.807) is 36.4 Å². The minimum Gasteiger partial charge on any atom is -0.326 e. The highest BCUT2D eigenvalue weighted by Gasteiger charge is 2.25. The Kier molecular flexibility index (Phi) is 3.73. The predicted molar refractivity (Wildman–Crippen MR) is 82.3 cm³/mol. The molecule has 3 rings (SSSR count). The van der Waals surface area contributed by atoms with Crippen molar-refractivity contribution in [2.24, 2.45) is 9.98 Å². The Balaban J connectivity index is 2.15. The zero-order valence-electron chi connectivity index (χ0n) is 11.7. The van der Waals surface area contributed by atoms with Crippen molar-refractivity contribution < 1.29 is 9.59 Å². The highest BCUT2D eigenvalue weighted by atomic mass is 35.5. The average Bonchev–Trinajstić information content (AvgIpc) is 2.48. The Hall–Kier alpha value is -2.53. The molecule has 1 aliphatic rings. The fraction of sp³-hybridized carbons (Fsp3) is 0.125. The van der Waals surface area contributed by atoms with Gasteiger partial charge in [-0.15, -0.1) is 0 Å². The number of benzene rings is 2. The van der Waals surface area contributed by atoms with Crippen LogP contribution in [0.15, 0.2) is 52.4 Å². The van der Waals surface area contributed by atoms with Crippen molar-refractivity contribution in [2.45, 2.75) is 13.0 Å². The molecule has 2 aromatic carbocycles. The lowest BCUT2D eigenvalue weighted by atomic mass is 10.0. The molecule has 0 aromatic heterocycles. The molecule has 0 bridgehead atoms. The molecule has 6 heteroatoms. The molecule has 2 aromatic rings. The molecule has 0 aliphatic carbocycles. The number of nitrogens with one attached hydrogen (secondary N) is 1. The van der Waals surface area contributed by atoms with Crippen molar-refractivity contribution in [1.29, 1.82) is 0 Å².